The molecule has 0 radical (unpaired) electrons. The molecule has 1 saturated heterocycles. The minimum atomic E-state index is -0.969. The lowest BCUT2D eigenvalue weighted by molar-refractivity contribution is -0.159. The third-order valence-corrected chi connectivity index (χ3v) is 6.20. The third kappa shape index (κ3) is 4.13. The lowest BCUT2D eigenvalue weighted by Gasteiger charge is -2.39. The van der Waals surface area contributed by atoms with Gasteiger partial charge < -0.3 is 20.1 Å². The highest BCUT2D eigenvalue weighted by atomic mass is 16.5. The van der Waals surface area contributed by atoms with Gasteiger partial charge in [0.2, 0.25) is 5.91 Å². The Morgan fingerprint density at radius 1 is 1.10 bits per heavy atom. The average molecular weight is 422 g/mol. The number of benzene rings is 2. The van der Waals surface area contributed by atoms with Crippen LogP contribution < -0.4 is 5.32 Å². The van der Waals surface area contributed by atoms with Crippen molar-refractivity contribution in [3.63, 3.8) is 0 Å². The molecule has 2 N–H and O–H groups in total. The molecule has 2 unspecified atom stereocenters. The van der Waals surface area contributed by atoms with Crippen molar-refractivity contribution in [2.45, 2.75) is 31.7 Å². The molecule has 2 amide bonds. The maximum atomic E-state index is 12.4. The zero-order valence-electron chi connectivity index (χ0n) is 17.4. The number of hydrogen-bond acceptors (Lipinski definition) is 4. The van der Waals surface area contributed by atoms with Gasteiger partial charge in [-0.15, -0.1) is 0 Å². The van der Waals surface area contributed by atoms with Crippen LogP contribution in [0, 0.1) is 5.92 Å². The molecular weight excluding hydrogens is 396 g/mol. The van der Waals surface area contributed by atoms with E-state index in [-0.39, 0.29) is 30.9 Å². The van der Waals surface area contributed by atoms with E-state index < -0.39 is 18.1 Å². The Labute approximate surface area is 181 Å². The first-order chi connectivity index (χ1) is 15.0. The standard InChI is InChI=1S/C24H26N2O5/c1-15(22(27)26-13-11-21(26)23(28)29)10-12-25-24(30)31-14-20-18-8-4-2-6-16(18)17-7-3-5-9-19(17)20/h2-9,15,20-21H,10-14H2,1H3,(H,25,30)(H,28,29). The van der Waals surface area contributed by atoms with Crippen LogP contribution >= 0.6 is 0 Å². The SMILES string of the molecule is CC(CCNC(=O)OCC1c2ccccc2-c2ccccc21)C(=O)N1CCC1C(=O)O. The number of aliphatic carboxylic acids is 1. The minimum absolute atomic E-state index is 0.00183. The van der Waals surface area contributed by atoms with Crippen molar-refractivity contribution in [3.8, 4) is 11.1 Å². The van der Waals surface area contributed by atoms with Crippen LogP contribution in [0.1, 0.15) is 36.8 Å². The zero-order valence-corrected chi connectivity index (χ0v) is 17.4. The van der Waals surface area contributed by atoms with Gasteiger partial charge in [-0.3, -0.25) is 4.79 Å². The van der Waals surface area contributed by atoms with Crippen molar-refractivity contribution in [1.82, 2.24) is 10.2 Å². The predicted molar refractivity (Wildman–Crippen MR) is 115 cm³/mol. The second-order valence-electron chi connectivity index (χ2n) is 8.12. The van der Waals surface area contributed by atoms with E-state index in [0.29, 0.717) is 19.4 Å². The van der Waals surface area contributed by atoms with Crippen LogP contribution in [0.5, 0.6) is 0 Å². The molecule has 0 spiro atoms. The van der Waals surface area contributed by atoms with E-state index in [1.54, 1.807) is 6.92 Å². The van der Waals surface area contributed by atoms with Gasteiger partial charge in [-0.05, 0) is 35.1 Å². The number of carboxylic acid groups (broad SMARTS) is 1. The van der Waals surface area contributed by atoms with E-state index in [1.165, 1.54) is 16.0 Å². The summed E-state index contributed by atoms with van der Waals surface area (Å²) in [6.45, 7) is 2.75. The molecule has 1 fully saturated rings. The van der Waals surface area contributed by atoms with Crippen molar-refractivity contribution in [1.29, 1.82) is 0 Å². The molecule has 1 aliphatic heterocycles. The minimum Gasteiger partial charge on any atom is -0.480 e. The topological polar surface area (TPSA) is 95.9 Å². The van der Waals surface area contributed by atoms with E-state index in [1.807, 2.05) is 24.3 Å². The quantitative estimate of drug-likeness (QED) is 0.714. The van der Waals surface area contributed by atoms with Gasteiger partial charge in [-0.2, -0.15) is 0 Å². The number of carbonyl (C=O) groups excluding carboxylic acids is 2. The van der Waals surface area contributed by atoms with Gasteiger partial charge in [0, 0.05) is 24.9 Å². The number of nitrogens with zero attached hydrogens (tertiary/aromatic N) is 1. The molecule has 0 saturated carbocycles. The first kappa shape index (κ1) is 20.9. The van der Waals surface area contributed by atoms with Gasteiger partial charge in [-0.25, -0.2) is 9.59 Å². The number of ether oxygens (including phenoxy) is 1. The number of alkyl carbamates (subject to hydrolysis) is 1. The summed E-state index contributed by atoms with van der Waals surface area (Å²) < 4.78 is 5.49. The lowest BCUT2D eigenvalue weighted by Crippen LogP contribution is -2.56. The molecule has 2 aromatic carbocycles. The van der Waals surface area contributed by atoms with Crippen LogP contribution in [-0.4, -0.2) is 53.7 Å². The first-order valence-electron chi connectivity index (χ1n) is 10.6. The van der Waals surface area contributed by atoms with E-state index in [4.69, 9.17) is 9.84 Å². The molecule has 162 valence electrons. The Morgan fingerprint density at radius 2 is 1.71 bits per heavy atom. The van der Waals surface area contributed by atoms with Crippen LogP contribution in [0.25, 0.3) is 11.1 Å². The second kappa shape index (κ2) is 8.79. The van der Waals surface area contributed by atoms with E-state index in [0.717, 1.165) is 11.1 Å². The molecule has 0 bridgehead atoms. The smallest absolute Gasteiger partial charge is 0.407 e. The predicted octanol–water partition coefficient (Wildman–Crippen LogP) is 3.24. The highest BCUT2D eigenvalue weighted by molar-refractivity contribution is 5.86. The van der Waals surface area contributed by atoms with Gasteiger partial charge in [-0.1, -0.05) is 55.5 Å². The molecule has 7 nitrogen and oxygen atoms in total. The number of likely N-dealkylation sites (tertiary alicyclic amines) is 1. The number of carboxylic acids is 1. The lowest BCUT2D eigenvalue weighted by atomic mass is 9.98. The Hall–Kier alpha value is -3.35. The summed E-state index contributed by atoms with van der Waals surface area (Å²) >= 11 is 0. The third-order valence-electron chi connectivity index (χ3n) is 6.20. The largest absolute Gasteiger partial charge is 0.480 e. The van der Waals surface area contributed by atoms with Crippen LogP contribution in [-0.2, 0) is 14.3 Å². The summed E-state index contributed by atoms with van der Waals surface area (Å²) in [5.41, 5.74) is 4.65. The van der Waals surface area contributed by atoms with E-state index in [9.17, 15) is 14.4 Å². The zero-order chi connectivity index (χ0) is 22.0. The average Bonchev–Trinajstić information content (AvgIpc) is 3.04. The molecule has 0 aromatic heterocycles. The van der Waals surface area contributed by atoms with Crippen LogP contribution in [0.4, 0.5) is 4.79 Å². The number of rotatable bonds is 7. The van der Waals surface area contributed by atoms with Crippen LogP contribution in [0.15, 0.2) is 48.5 Å². The molecule has 4 rings (SSSR count). The maximum absolute atomic E-state index is 12.4. The first-order valence-corrected chi connectivity index (χ1v) is 10.6. The number of nitrogens with one attached hydrogen (secondary N) is 1. The monoisotopic (exact) mass is 422 g/mol. The number of carbonyl (C=O) groups is 3. The van der Waals surface area contributed by atoms with Gasteiger partial charge >= 0.3 is 12.1 Å². The molecule has 1 heterocycles. The fourth-order valence-electron chi connectivity index (χ4n) is 4.35. The molecule has 2 aromatic rings. The summed E-state index contributed by atoms with van der Waals surface area (Å²) in [5, 5.41) is 11.8. The molecule has 1 aliphatic carbocycles. The molecule has 7 heteroatoms. The van der Waals surface area contributed by atoms with Gasteiger partial charge in [0.1, 0.15) is 12.6 Å². The number of fused-ring (bicyclic) bond motifs is 3. The van der Waals surface area contributed by atoms with Crippen LogP contribution in [0.3, 0.4) is 0 Å². The van der Waals surface area contributed by atoms with Crippen molar-refractivity contribution in [3.05, 3.63) is 59.7 Å². The van der Waals surface area contributed by atoms with Crippen molar-refractivity contribution < 1.29 is 24.2 Å². The van der Waals surface area contributed by atoms with E-state index >= 15 is 0 Å². The fourth-order valence-corrected chi connectivity index (χ4v) is 4.35. The number of amides is 2. The summed E-state index contributed by atoms with van der Waals surface area (Å²) in [6, 6.07) is 15.6. The summed E-state index contributed by atoms with van der Waals surface area (Å²) in [4.78, 5) is 37.1. The van der Waals surface area contributed by atoms with E-state index in [2.05, 4.69) is 29.6 Å². The maximum Gasteiger partial charge on any atom is 0.407 e. The van der Waals surface area contributed by atoms with Gasteiger partial charge in [0.15, 0.2) is 0 Å². The summed E-state index contributed by atoms with van der Waals surface area (Å²) in [7, 11) is 0. The molecule has 2 atom stereocenters. The summed E-state index contributed by atoms with van der Waals surface area (Å²) in [6.07, 6.45) is 0.395. The van der Waals surface area contributed by atoms with Crippen molar-refractivity contribution in [2.24, 2.45) is 5.92 Å². The van der Waals surface area contributed by atoms with Crippen molar-refractivity contribution >= 4 is 18.0 Å². The molecule has 2 aliphatic rings. The second-order valence-corrected chi connectivity index (χ2v) is 8.12. The highest BCUT2D eigenvalue weighted by Crippen LogP contribution is 2.44. The summed E-state index contributed by atoms with van der Waals surface area (Å²) in [5.74, 6) is -1.52. The van der Waals surface area contributed by atoms with Crippen LogP contribution in [0.2, 0.25) is 0 Å². The van der Waals surface area contributed by atoms with Gasteiger partial charge in [0.25, 0.3) is 0 Å². The fraction of sp³-hybridized carbons (Fsp3) is 0.375. The molecular formula is C24H26N2O5. The highest BCUT2D eigenvalue weighted by Gasteiger charge is 2.39. The van der Waals surface area contributed by atoms with Crippen molar-refractivity contribution in [2.75, 3.05) is 19.7 Å². The Balaban J connectivity index is 1.26. The Kier molecular flexibility index (Phi) is 5.93. The molecule has 31 heavy (non-hydrogen) atoms. The van der Waals surface area contributed by atoms with Gasteiger partial charge in [0.05, 0.1) is 0 Å². The Bertz CT molecular complexity index is 959. The number of hydrogen-bond donors (Lipinski definition) is 2. The normalized spacial score (nSPS) is 17.8. The Morgan fingerprint density at radius 3 is 2.26 bits per heavy atom.